The van der Waals surface area contributed by atoms with Crippen LogP contribution in [0.4, 0.5) is 0 Å². The molecule has 1 aliphatic rings. The van der Waals surface area contributed by atoms with E-state index in [1.807, 2.05) is 63.3 Å². The first-order chi connectivity index (χ1) is 9.85. The summed E-state index contributed by atoms with van der Waals surface area (Å²) in [6, 6.07) is 9.11. The van der Waals surface area contributed by atoms with Gasteiger partial charge in [-0.1, -0.05) is 42.5 Å². The lowest BCUT2D eigenvalue weighted by atomic mass is 10.1. The predicted octanol–water partition coefficient (Wildman–Crippen LogP) is 2.96. The van der Waals surface area contributed by atoms with Crippen molar-refractivity contribution in [2.75, 3.05) is 0 Å². The standard InChI is InChI=1S/C17H23NO3/c1-17(2,3)21-15-10-9-14(12-15)18(20)16(19)11-13-7-5-4-6-8-13/h4-10,14-15,20H,11-12H2,1-3H3/t14-,15+/m1/s1. The van der Waals surface area contributed by atoms with Gasteiger partial charge in [0.05, 0.1) is 24.2 Å². The Kier molecular flexibility index (Phi) is 4.80. The minimum Gasteiger partial charge on any atom is -0.368 e. The summed E-state index contributed by atoms with van der Waals surface area (Å²) in [7, 11) is 0. The van der Waals surface area contributed by atoms with Gasteiger partial charge in [0.1, 0.15) is 0 Å². The Morgan fingerprint density at radius 1 is 1.29 bits per heavy atom. The summed E-state index contributed by atoms with van der Waals surface area (Å²) in [5.41, 5.74) is 0.657. The van der Waals surface area contributed by atoms with E-state index in [-0.39, 0.29) is 30.1 Å². The molecular formula is C17H23NO3. The molecule has 114 valence electrons. The second kappa shape index (κ2) is 6.41. The lowest BCUT2D eigenvalue weighted by molar-refractivity contribution is -0.172. The van der Waals surface area contributed by atoms with E-state index in [1.165, 1.54) is 0 Å². The Morgan fingerprint density at radius 2 is 1.95 bits per heavy atom. The Morgan fingerprint density at radius 3 is 2.57 bits per heavy atom. The molecule has 1 aromatic carbocycles. The van der Waals surface area contributed by atoms with Crippen LogP contribution in [-0.2, 0) is 16.0 Å². The van der Waals surface area contributed by atoms with Crippen molar-refractivity contribution in [1.82, 2.24) is 5.06 Å². The second-order valence-corrected chi connectivity index (χ2v) is 6.36. The van der Waals surface area contributed by atoms with E-state index in [1.54, 1.807) is 0 Å². The van der Waals surface area contributed by atoms with Crippen LogP contribution in [0.3, 0.4) is 0 Å². The minimum atomic E-state index is -0.312. The second-order valence-electron chi connectivity index (χ2n) is 6.36. The molecular weight excluding hydrogens is 266 g/mol. The average molecular weight is 289 g/mol. The number of hydrogen-bond donors (Lipinski definition) is 1. The SMILES string of the molecule is CC(C)(C)O[C@H]1C=C[C@@H](N(O)C(=O)Cc2ccccc2)C1. The Hall–Kier alpha value is -1.65. The average Bonchev–Trinajstić information content (AvgIpc) is 2.85. The highest BCUT2D eigenvalue weighted by Gasteiger charge is 2.29. The van der Waals surface area contributed by atoms with Gasteiger partial charge in [-0.15, -0.1) is 0 Å². The summed E-state index contributed by atoms with van der Waals surface area (Å²) in [6.45, 7) is 5.97. The molecule has 2 atom stereocenters. The highest BCUT2D eigenvalue weighted by Crippen LogP contribution is 2.23. The molecule has 1 aromatic rings. The van der Waals surface area contributed by atoms with Gasteiger partial charge in [0, 0.05) is 6.42 Å². The molecule has 0 unspecified atom stereocenters. The quantitative estimate of drug-likeness (QED) is 0.527. The lowest BCUT2D eigenvalue weighted by Crippen LogP contribution is -2.38. The summed E-state index contributed by atoms with van der Waals surface area (Å²) in [5.74, 6) is -0.299. The van der Waals surface area contributed by atoms with Gasteiger partial charge < -0.3 is 4.74 Å². The lowest BCUT2D eigenvalue weighted by Gasteiger charge is -2.26. The number of amides is 1. The third kappa shape index (κ3) is 4.69. The Balaban J connectivity index is 1.88. The van der Waals surface area contributed by atoms with E-state index in [4.69, 9.17) is 4.74 Å². The summed E-state index contributed by atoms with van der Waals surface area (Å²) in [4.78, 5) is 12.1. The van der Waals surface area contributed by atoms with E-state index in [9.17, 15) is 10.0 Å². The molecule has 0 bridgehead atoms. The van der Waals surface area contributed by atoms with Gasteiger partial charge in [-0.2, -0.15) is 0 Å². The maximum absolute atomic E-state index is 12.1. The summed E-state index contributed by atoms with van der Waals surface area (Å²) >= 11 is 0. The van der Waals surface area contributed by atoms with Crippen molar-refractivity contribution in [2.45, 2.75) is 51.4 Å². The smallest absolute Gasteiger partial charge is 0.250 e. The molecule has 0 fully saturated rings. The zero-order chi connectivity index (χ0) is 15.5. The van der Waals surface area contributed by atoms with E-state index < -0.39 is 0 Å². The monoisotopic (exact) mass is 289 g/mol. The minimum absolute atomic E-state index is 0.0609. The van der Waals surface area contributed by atoms with Crippen LogP contribution in [0.2, 0.25) is 0 Å². The fourth-order valence-electron chi connectivity index (χ4n) is 2.41. The molecule has 0 spiro atoms. The van der Waals surface area contributed by atoms with Gasteiger partial charge in [-0.25, -0.2) is 5.06 Å². The summed E-state index contributed by atoms with van der Waals surface area (Å²) < 4.78 is 5.84. The number of benzene rings is 1. The number of ether oxygens (including phenoxy) is 1. The van der Waals surface area contributed by atoms with Crippen molar-refractivity contribution < 1.29 is 14.7 Å². The molecule has 0 radical (unpaired) electrons. The first-order valence-corrected chi connectivity index (χ1v) is 7.26. The number of hydrogen-bond acceptors (Lipinski definition) is 3. The summed E-state index contributed by atoms with van der Waals surface area (Å²) in [5, 5.41) is 10.9. The molecule has 21 heavy (non-hydrogen) atoms. The van der Waals surface area contributed by atoms with E-state index >= 15 is 0 Å². The van der Waals surface area contributed by atoms with E-state index in [0.29, 0.717) is 6.42 Å². The zero-order valence-electron chi connectivity index (χ0n) is 12.8. The van der Waals surface area contributed by atoms with Crippen LogP contribution in [0.1, 0.15) is 32.8 Å². The van der Waals surface area contributed by atoms with Crippen LogP contribution in [0.25, 0.3) is 0 Å². The van der Waals surface area contributed by atoms with Crippen molar-refractivity contribution in [3.63, 3.8) is 0 Å². The molecule has 0 saturated carbocycles. The molecule has 4 nitrogen and oxygen atoms in total. The van der Waals surface area contributed by atoms with Gasteiger partial charge >= 0.3 is 0 Å². The van der Waals surface area contributed by atoms with Crippen molar-refractivity contribution >= 4 is 5.91 Å². The highest BCUT2D eigenvalue weighted by molar-refractivity contribution is 5.78. The van der Waals surface area contributed by atoms with Crippen LogP contribution in [-0.4, -0.2) is 33.9 Å². The van der Waals surface area contributed by atoms with Gasteiger partial charge in [-0.3, -0.25) is 10.0 Å². The fraction of sp³-hybridized carbons (Fsp3) is 0.471. The Labute approximate surface area is 126 Å². The van der Waals surface area contributed by atoms with Crippen LogP contribution in [0.15, 0.2) is 42.5 Å². The molecule has 4 heteroatoms. The third-order valence-electron chi connectivity index (χ3n) is 3.29. The number of hydroxylamine groups is 2. The molecule has 0 aliphatic heterocycles. The number of rotatable bonds is 4. The number of carbonyl (C=O) groups excluding carboxylic acids is 1. The first-order valence-electron chi connectivity index (χ1n) is 7.26. The van der Waals surface area contributed by atoms with Gasteiger partial charge in [-0.05, 0) is 26.3 Å². The number of nitrogens with zero attached hydrogens (tertiary/aromatic N) is 1. The Bertz CT molecular complexity index is 505. The van der Waals surface area contributed by atoms with Crippen molar-refractivity contribution in [3.05, 3.63) is 48.0 Å². The first kappa shape index (κ1) is 15.7. The van der Waals surface area contributed by atoms with Crippen molar-refractivity contribution in [2.24, 2.45) is 0 Å². The van der Waals surface area contributed by atoms with Crippen LogP contribution in [0.5, 0.6) is 0 Å². The van der Waals surface area contributed by atoms with Gasteiger partial charge in [0.15, 0.2) is 0 Å². The van der Waals surface area contributed by atoms with Crippen molar-refractivity contribution in [1.29, 1.82) is 0 Å². The largest absolute Gasteiger partial charge is 0.368 e. The van der Waals surface area contributed by atoms with Crippen LogP contribution < -0.4 is 0 Å². The maximum atomic E-state index is 12.1. The highest BCUT2D eigenvalue weighted by atomic mass is 16.5. The zero-order valence-corrected chi connectivity index (χ0v) is 12.8. The predicted molar refractivity (Wildman–Crippen MR) is 80.9 cm³/mol. The maximum Gasteiger partial charge on any atom is 0.250 e. The summed E-state index contributed by atoms with van der Waals surface area (Å²) in [6.07, 6.45) is 4.48. The topological polar surface area (TPSA) is 49.8 Å². The third-order valence-corrected chi connectivity index (χ3v) is 3.29. The van der Waals surface area contributed by atoms with Gasteiger partial charge in [0.2, 0.25) is 0 Å². The number of carbonyl (C=O) groups is 1. The van der Waals surface area contributed by atoms with E-state index in [0.717, 1.165) is 10.6 Å². The normalized spacial score (nSPS) is 21.5. The molecule has 1 N–H and O–H groups in total. The van der Waals surface area contributed by atoms with Crippen LogP contribution in [0, 0.1) is 0 Å². The molecule has 0 heterocycles. The molecule has 1 amide bonds. The van der Waals surface area contributed by atoms with Crippen LogP contribution >= 0.6 is 0 Å². The molecule has 0 aromatic heterocycles. The van der Waals surface area contributed by atoms with E-state index in [2.05, 4.69) is 0 Å². The molecule has 0 saturated heterocycles. The molecule has 1 aliphatic carbocycles. The molecule has 2 rings (SSSR count). The van der Waals surface area contributed by atoms with Crippen molar-refractivity contribution in [3.8, 4) is 0 Å². The van der Waals surface area contributed by atoms with Gasteiger partial charge in [0.25, 0.3) is 5.91 Å². The fourth-order valence-corrected chi connectivity index (χ4v) is 2.41.